The van der Waals surface area contributed by atoms with E-state index in [9.17, 15) is 4.79 Å². The Morgan fingerprint density at radius 2 is 2.54 bits per heavy atom. The molecule has 0 radical (unpaired) electrons. The van der Waals surface area contributed by atoms with E-state index in [0.29, 0.717) is 11.5 Å². The molecule has 1 aliphatic rings. The molecule has 0 fully saturated rings. The smallest absolute Gasteiger partial charge is 0.348 e. The minimum absolute atomic E-state index is 0.253. The van der Waals surface area contributed by atoms with E-state index in [-0.39, 0.29) is 6.42 Å². The summed E-state index contributed by atoms with van der Waals surface area (Å²) < 4.78 is 5.04. The van der Waals surface area contributed by atoms with Crippen molar-refractivity contribution in [2.75, 3.05) is 0 Å². The Hall–Kier alpha value is -1.78. The van der Waals surface area contributed by atoms with Gasteiger partial charge in [-0.1, -0.05) is 5.16 Å². The molecule has 1 atom stereocenters. The fourth-order valence-corrected chi connectivity index (χ4v) is 1.10. The maximum Gasteiger partial charge on any atom is 0.348 e. The Morgan fingerprint density at radius 3 is 3.08 bits per heavy atom. The Bertz CT molecular complexity index is 341. The zero-order chi connectivity index (χ0) is 9.26. The number of carboxylic acids is 1. The predicted octanol–water partition coefficient (Wildman–Crippen LogP) is 0.857. The van der Waals surface area contributed by atoms with E-state index in [0.717, 1.165) is 0 Å². The lowest BCUT2D eigenvalue weighted by Gasteiger charge is -1.98. The van der Waals surface area contributed by atoms with Gasteiger partial charge in [0.15, 0.2) is 5.76 Å². The molecule has 1 aromatic rings. The molecule has 0 saturated heterocycles. The molecule has 0 spiro atoms. The molecule has 5 nitrogen and oxygen atoms in total. The lowest BCUT2D eigenvalue weighted by Crippen LogP contribution is -2.19. The zero-order valence-corrected chi connectivity index (χ0v) is 6.64. The Labute approximate surface area is 73.6 Å². The second-order valence-corrected chi connectivity index (χ2v) is 2.65. The number of oxime groups is 1. The van der Waals surface area contributed by atoms with Gasteiger partial charge in [0.1, 0.15) is 5.71 Å². The first kappa shape index (κ1) is 7.85. The molecule has 0 unspecified atom stereocenters. The number of hydrogen-bond donors (Lipinski definition) is 1. The van der Waals surface area contributed by atoms with E-state index in [1.807, 2.05) is 0 Å². The summed E-state index contributed by atoms with van der Waals surface area (Å²) in [7, 11) is 0. The van der Waals surface area contributed by atoms with Gasteiger partial charge in [-0.15, -0.1) is 0 Å². The van der Waals surface area contributed by atoms with Crippen LogP contribution in [0.1, 0.15) is 12.2 Å². The normalized spacial score (nSPS) is 20.9. The van der Waals surface area contributed by atoms with Crippen LogP contribution in [0.5, 0.6) is 0 Å². The molecule has 0 bridgehead atoms. The summed E-state index contributed by atoms with van der Waals surface area (Å²) in [6.45, 7) is 0. The number of rotatable bonds is 2. The first-order chi connectivity index (χ1) is 6.27. The summed E-state index contributed by atoms with van der Waals surface area (Å²) in [6.07, 6.45) is 0.884. The number of carbonyl (C=O) groups is 1. The molecular formula is C8H7NO4. The van der Waals surface area contributed by atoms with Crippen LogP contribution in [0.15, 0.2) is 28.0 Å². The van der Waals surface area contributed by atoms with Gasteiger partial charge in [0.05, 0.1) is 6.26 Å². The lowest BCUT2D eigenvalue weighted by atomic mass is 10.1. The number of nitrogens with zero attached hydrogens (tertiary/aromatic N) is 1. The first-order valence-corrected chi connectivity index (χ1v) is 3.77. The summed E-state index contributed by atoms with van der Waals surface area (Å²) in [5, 5.41) is 12.2. The molecule has 0 aromatic carbocycles. The van der Waals surface area contributed by atoms with Crippen LogP contribution < -0.4 is 0 Å². The standard InChI is InChI=1S/C8H7NO4/c10-8(11)7-4-5(9-13-7)6-2-1-3-12-6/h1-3,7H,4H2,(H,10,11)/t7-/m0/s1. The van der Waals surface area contributed by atoms with Crippen molar-refractivity contribution in [1.29, 1.82) is 0 Å². The van der Waals surface area contributed by atoms with Crippen LogP contribution in [0.2, 0.25) is 0 Å². The predicted molar refractivity (Wildman–Crippen MR) is 42.4 cm³/mol. The molecule has 0 saturated carbocycles. The lowest BCUT2D eigenvalue weighted by molar-refractivity contribution is -0.148. The van der Waals surface area contributed by atoms with Gasteiger partial charge >= 0.3 is 5.97 Å². The molecule has 1 aliphatic heterocycles. The third-order valence-corrected chi connectivity index (χ3v) is 1.75. The van der Waals surface area contributed by atoms with Crippen LogP contribution in [0.4, 0.5) is 0 Å². The van der Waals surface area contributed by atoms with Crippen molar-refractivity contribution in [2.45, 2.75) is 12.5 Å². The second-order valence-electron chi connectivity index (χ2n) is 2.65. The van der Waals surface area contributed by atoms with Crippen LogP contribution in [0, 0.1) is 0 Å². The van der Waals surface area contributed by atoms with Crippen LogP contribution in [-0.2, 0) is 9.63 Å². The zero-order valence-electron chi connectivity index (χ0n) is 6.64. The average Bonchev–Trinajstić information content (AvgIpc) is 2.75. The maximum atomic E-state index is 10.5. The van der Waals surface area contributed by atoms with Crippen LogP contribution in [0.25, 0.3) is 0 Å². The quantitative estimate of drug-likeness (QED) is 0.734. The van der Waals surface area contributed by atoms with E-state index < -0.39 is 12.1 Å². The third-order valence-electron chi connectivity index (χ3n) is 1.75. The highest BCUT2D eigenvalue weighted by molar-refractivity contribution is 6.01. The minimum atomic E-state index is -1.01. The highest BCUT2D eigenvalue weighted by Gasteiger charge is 2.29. The third kappa shape index (κ3) is 1.40. The topological polar surface area (TPSA) is 72.0 Å². The molecule has 1 N–H and O–H groups in total. The van der Waals surface area contributed by atoms with Crippen LogP contribution in [-0.4, -0.2) is 22.9 Å². The SMILES string of the molecule is O=C(O)[C@@H]1CC(c2ccco2)=NO1. The van der Waals surface area contributed by atoms with Crippen molar-refractivity contribution in [1.82, 2.24) is 0 Å². The van der Waals surface area contributed by atoms with Crippen molar-refractivity contribution in [3.8, 4) is 0 Å². The van der Waals surface area contributed by atoms with Gasteiger partial charge < -0.3 is 14.4 Å². The van der Waals surface area contributed by atoms with Gasteiger partial charge in [0, 0.05) is 6.42 Å². The number of carboxylic acid groups (broad SMARTS) is 1. The maximum absolute atomic E-state index is 10.5. The largest absolute Gasteiger partial charge is 0.478 e. The molecule has 5 heteroatoms. The molecule has 68 valence electrons. The minimum Gasteiger partial charge on any atom is -0.478 e. The van der Waals surface area contributed by atoms with E-state index in [4.69, 9.17) is 9.52 Å². The Balaban J connectivity index is 2.10. The van der Waals surface area contributed by atoms with Crippen LogP contribution >= 0.6 is 0 Å². The van der Waals surface area contributed by atoms with E-state index in [1.54, 1.807) is 12.1 Å². The van der Waals surface area contributed by atoms with Gasteiger partial charge in [-0.05, 0) is 12.1 Å². The Kier molecular flexibility index (Phi) is 1.77. The van der Waals surface area contributed by atoms with E-state index in [1.165, 1.54) is 6.26 Å². The van der Waals surface area contributed by atoms with Crippen molar-refractivity contribution in [3.63, 3.8) is 0 Å². The second kappa shape index (κ2) is 2.93. The van der Waals surface area contributed by atoms with E-state index in [2.05, 4.69) is 9.99 Å². The number of furan rings is 1. The Morgan fingerprint density at radius 1 is 1.69 bits per heavy atom. The summed E-state index contributed by atoms with van der Waals surface area (Å²) in [5.74, 6) is -0.450. The molecule has 1 aromatic heterocycles. The van der Waals surface area contributed by atoms with Crippen molar-refractivity contribution >= 4 is 11.7 Å². The van der Waals surface area contributed by atoms with Crippen molar-refractivity contribution in [2.24, 2.45) is 5.16 Å². The molecular weight excluding hydrogens is 174 g/mol. The first-order valence-electron chi connectivity index (χ1n) is 3.77. The van der Waals surface area contributed by atoms with Gasteiger partial charge in [-0.25, -0.2) is 4.79 Å². The monoisotopic (exact) mass is 181 g/mol. The fourth-order valence-electron chi connectivity index (χ4n) is 1.10. The summed E-state index contributed by atoms with van der Waals surface area (Å²) in [5.41, 5.74) is 0.539. The summed E-state index contributed by atoms with van der Waals surface area (Å²) >= 11 is 0. The molecule has 0 amide bonds. The summed E-state index contributed by atoms with van der Waals surface area (Å²) in [6, 6.07) is 3.43. The van der Waals surface area contributed by atoms with Gasteiger partial charge in [0.25, 0.3) is 0 Å². The van der Waals surface area contributed by atoms with Gasteiger partial charge in [-0.3, -0.25) is 0 Å². The number of aliphatic carboxylic acids is 1. The number of hydrogen-bond acceptors (Lipinski definition) is 4. The average molecular weight is 181 g/mol. The highest BCUT2D eigenvalue weighted by Crippen LogP contribution is 2.16. The molecule has 2 heterocycles. The van der Waals surface area contributed by atoms with E-state index >= 15 is 0 Å². The molecule has 0 aliphatic carbocycles. The fraction of sp³-hybridized carbons (Fsp3) is 0.250. The van der Waals surface area contributed by atoms with Crippen LogP contribution in [0.3, 0.4) is 0 Å². The van der Waals surface area contributed by atoms with Crippen molar-refractivity contribution < 1.29 is 19.2 Å². The van der Waals surface area contributed by atoms with Crippen molar-refractivity contribution in [3.05, 3.63) is 24.2 Å². The summed E-state index contributed by atoms with van der Waals surface area (Å²) in [4.78, 5) is 15.2. The van der Waals surface area contributed by atoms with Gasteiger partial charge in [0.2, 0.25) is 6.10 Å². The van der Waals surface area contributed by atoms with Gasteiger partial charge in [-0.2, -0.15) is 0 Å². The molecule has 2 rings (SSSR count). The highest BCUT2D eigenvalue weighted by atomic mass is 16.7. The molecule has 13 heavy (non-hydrogen) atoms.